The van der Waals surface area contributed by atoms with E-state index < -0.39 is 0 Å². The van der Waals surface area contributed by atoms with E-state index in [0.717, 1.165) is 13.1 Å². The Kier molecular flexibility index (Phi) is 4.42. The van der Waals surface area contributed by atoms with Gasteiger partial charge in [0.1, 0.15) is 0 Å². The molecular weight excluding hydrogens is 244 g/mol. The largest absolute Gasteiger partial charge is 0.349 e. The fourth-order valence-electron chi connectivity index (χ4n) is 2.95. The summed E-state index contributed by atoms with van der Waals surface area (Å²) in [5.41, 5.74) is 5.61. The molecule has 0 aliphatic heterocycles. The molecule has 0 saturated heterocycles. The van der Waals surface area contributed by atoms with Crippen LogP contribution in [0.2, 0.25) is 0 Å². The van der Waals surface area contributed by atoms with Crippen LogP contribution in [-0.4, -0.2) is 9.13 Å². The summed E-state index contributed by atoms with van der Waals surface area (Å²) in [5, 5.41) is 0. The zero-order valence-corrected chi connectivity index (χ0v) is 13.8. The first-order valence-electron chi connectivity index (χ1n) is 7.71. The molecule has 0 amide bonds. The molecule has 2 heteroatoms. The van der Waals surface area contributed by atoms with E-state index in [9.17, 15) is 0 Å². The minimum absolute atomic E-state index is 0.583. The molecule has 2 nitrogen and oxygen atoms in total. The summed E-state index contributed by atoms with van der Waals surface area (Å²) in [5.74, 6) is 1.17. The molecule has 2 heterocycles. The van der Waals surface area contributed by atoms with Crippen LogP contribution < -0.4 is 0 Å². The number of aromatic nitrogens is 2. The normalized spacial score (nSPS) is 11.8. The van der Waals surface area contributed by atoms with Crippen LogP contribution in [0.5, 0.6) is 0 Å². The molecule has 0 unspecified atom stereocenters. The van der Waals surface area contributed by atoms with Crippen molar-refractivity contribution in [2.75, 3.05) is 0 Å². The second-order valence-electron chi connectivity index (χ2n) is 6.58. The summed E-state index contributed by atoms with van der Waals surface area (Å²) in [6, 6.07) is 4.63. The fourth-order valence-corrected chi connectivity index (χ4v) is 2.95. The van der Waals surface area contributed by atoms with Gasteiger partial charge in [-0.2, -0.15) is 0 Å². The van der Waals surface area contributed by atoms with Crippen molar-refractivity contribution in [3.63, 3.8) is 0 Å². The topological polar surface area (TPSA) is 9.86 Å². The summed E-state index contributed by atoms with van der Waals surface area (Å²) in [6.07, 6.45) is 4.56. The summed E-state index contributed by atoms with van der Waals surface area (Å²) in [4.78, 5) is 0. The van der Waals surface area contributed by atoms with Gasteiger partial charge >= 0.3 is 0 Å². The van der Waals surface area contributed by atoms with Crippen LogP contribution in [0.15, 0.2) is 24.5 Å². The predicted molar refractivity (Wildman–Crippen MR) is 86.5 cm³/mol. The first-order valence-corrected chi connectivity index (χ1v) is 7.71. The molecule has 2 aromatic rings. The zero-order chi connectivity index (χ0) is 14.9. The van der Waals surface area contributed by atoms with Crippen molar-refractivity contribution in [1.82, 2.24) is 9.13 Å². The highest BCUT2D eigenvalue weighted by atomic mass is 15.0. The second kappa shape index (κ2) is 5.90. The van der Waals surface area contributed by atoms with Crippen molar-refractivity contribution in [2.24, 2.45) is 0 Å². The molecular formula is C18H28N2. The molecule has 0 spiro atoms. The highest BCUT2D eigenvalue weighted by Crippen LogP contribution is 2.20. The van der Waals surface area contributed by atoms with Crippen LogP contribution in [-0.2, 0) is 13.1 Å². The van der Waals surface area contributed by atoms with Crippen LogP contribution in [0, 0.1) is 13.8 Å². The van der Waals surface area contributed by atoms with Gasteiger partial charge in [0.05, 0.1) is 0 Å². The average Bonchev–Trinajstić information content (AvgIpc) is 2.89. The number of hydrogen-bond donors (Lipinski definition) is 0. The minimum Gasteiger partial charge on any atom is -0.349 e. The lowest BCUT2D eigenvalue weighted by Crippen LogP contribution is -2.11. The Balaban J connectivity index is 2.17. The monoisotopic (exact) mass is 272 g/mol. The van der Waals surface area contributed by atoms with Gasteiger partial charge in [0, 0.05) is 36.9 Å². The van der Waals surface area contributed by atoms with E-state index >= 15 is 0 Å². The molecule has 0 saturated carbocycles. The molecule has 0 aromatic carbocycles. The lowest BCUT2D eigenvalue weighted by atomic mass is 10.1. The third-order valence-corrected chi connectivity index (χ3v) is 3.90. The first-order chi connectivity index (χ1) is 9.38. The SMILES string of the molecule is Cc1cc(C(C)C)n(CCn2cc(C)cc2C(C)C)c1. The molecule has 0 radical (unpaired) electrons. The van der Waals surface area contributed by atoms with Crippen molar-refractivity contribution >= 4 is 0 Å². The highest BCUT2D eigenvalue weighted by molar-refractivity contribution is 5.21. The van der Waals surface area contributed by atoms with Gasteiger partial charge < -0.3 is 9.13 Å². The Bertz CT molecular complexity index is 518. The van der Waals surface area contributed by atoms with Crippen LogP contribution in [0.25, 0.3) is 0 Å². The van der Waals surface area contributed by atoms with Crippen LogP contribution in [0.3, 0.4) is 0 Å². The quantitative estimate of drug-likeness (QED) is 0.736. The lowest BCUT2D eigenvalue weighted by Gasteiger charge is -2.15. The molecule has 0 aliphatic carbocycles. The van der Waals surface area contributed by atoms with Crippen molar-refractivity contribution in [3.8, 4) is 0 Å². The molecule has 0 N–H and O–H groups in total. The standard InChI is InChI=1S/C18H28N2/c1-13(2)17-9-15(5)11-19(17)7-8-20-12-16(6)10-18(20)14(3)4/h9-14H,7-8H2,1-6H3. The van der Waals surface area contributed by atoms with Gasteiger partial charge in [-0.1, -0.05) is 27.7 Å². The van der Waals surface area contributed by atoms with Crippen molar-refractivity contribution in [1.29, 1.82) is 0 Å². The van der Waals surface area contributed by atoms with Gasteiger partial charge in [-0.05, 0) is 48.9 Å². The number of hydrogen-bond acceptors (Lipinski definition) is 0. The van der Waals surface area contributed by atoms with Crippen molar-refractivity contribution in [3.05, 3.63) is 47.0 Å². The second-order valence-corrected chi connectivity index (χ2v) is 6.58. The summed E-state index contributed by atoms with van der Waals surface area (Å²) >= 11 is 0. The fraction of sp³-hybridized carbons (Fsp3) is 0.556. The van der Waals surface area contributed by atoms with Gasteiger partial charge in [0.15, 0.2) is 0 Å². The molecule has 2 aromatic heterocycles. The van der Waals surface area contributed by atoms with Crippen LogP contribution in [0.1, 0.15) is 62.0 Å². The minimum atomic E-state index is 0.583. The van der Waals surface area contributed by atoms with Crippen molar-refractivity contribution in [2.45, 2.75) is 66.5 Å². The Morgan fingerprint density at radius 2 is 1.10 bits per heavy atom. The molecule has 2 rings (SSSR count). The molecule has 0 bridgehead atoms. The lowest BCUT2D eigenvalue weighted by molar-refractivity contribution is 0.534. The zero-order valence-electron chi connectivity index (χ0n) is 13.8. The van der Waals surface area contributed by atoms with Gasteiger partial charge in [-0.15, -0.1) is 0 Å². The van der Waals surface area contributed by atoms with Gasteiger partial charge in [0.25, 0.3) is 0 Å². The van der Waals surface area contributed by atoms with Crippen LogP contribution >= 0.6 is 0 Å². The van der Waals surface area contributed by atoms with Crippen LogP contribution in [0.4, 0.5) is 0 Å². The summed E-state index contributed by atoms with van der Waals surface area (Å²) < 4.78 is 4.83. The molecule has 20 heavy (non-hydrogen) atoms. The van der Waals surface area contributed by atoms with E-state index in [1.54, 1.807) is 0 Å². The van der Waals surface area contributed by atoms with Gasteiger partial charge in [0.2, 0.25) is 0 Å². The number of nitrogens with zero attached hydrogens (tertiary/aromatic N) is 2. The Morgan fingerprint density at radius 3 is 1.40 bits per heavy atom. The van der Waals surface area contributed by atoms with Crippen molar-refractivity contribution < 1.29 is 0 Å². The maximum absolute atomic E-state index is 2.42. The Hall–Kier alpha value is -1.44. The van der Waals surface area contributed by atoms with E-state index in [4.69, 9.17) is 0 Å². The summed E-state index contributed by atoms with van der Waals surface area (Å²) in [7, 11) is 0. The van der Waals surface area contributed by atoms with E-state index in [0.29, 0.717) is 11.8 Å². The Morgan fingerprint density at radius 1 is 0.750 bits per heavy atom. The number of aryl methyl sites for hydroxylation is 4. The maximum Gasteiger partial charge on any atom is 0.0402 e. The number of rotatable bonds is 5. The van der Waals surface area contributed by atoms with Gasteiger partial charge in [-0.3, -0.25) is 0 Å². The van der Waals surface area contributed by atoms with E-state index in [2.05, 4.69) is 75.2 Å². The maximum atomic E-state index is 2.42. The molecule has 0 fully saturated rings. The molecule has 110 valence electrons. The highest BCUT2D eigenvalue weighted by Gasteiger charge is 2.10. The van der Waals surface area contributed by atoms with Gasteiger partial charge in [-0.25, -0.2) is 0 Å². The van der Waals surface area contributed by atoms with E-state index in [1.807, 2.05) is 0 Å². The predicted octanol–water partition coefficient (Wildman–Crippen LogP) is 4.85. The third kappa shape index (κ3) is 3.17. The Labute approximate surface area is 123 Å². The first kappa shape index (κ1) is 15.0. The van der Waals surface area contributed by atoms with E-state index in [1.165, 1.54) is 22.5 Å². The third-order valence-electron chi connectivity index (χ3n) is 3.90. The molecule has 0 aliphatic rings. The average molecular weight is 272 g/mol. The van der Waals surface area contributed by atoms with E-state index in [-0.39, 0.29) is 0 Å². The smallest absolute Gasteiger partial charge is 0.0402 e. The summed E-state index contributed by atoms with van der Waals surface area (Å²) in [6.45, 7) is 15.5. The molecule has 0 atom stereocenters.